The van der Waals surface area contributed by atoms with Gasteiger partial charge in [0.1, 0.15) is 0 Å². The summed E-state index contributed by atoms with van der Waals surface area (Å²) in [7, 11) is 0. The Morgan fingerprint density at radius 1 is 1.60 bits per heavy atom. The molecule has 1 N–H and O–H groups in total. The normalized spacial score (nSPS) is 17.0. The van der Waals surface area contributed by atoms with Crippen molar-refractivity contribution >= 4 is 0 Å². The number of hydrogen-bond donors (Lipinski definition) is 1. The van der Waals surface area contributed by atoms with Crippen LogP contribution < -0.4 is 5.32 Å². The van der Waals surface area contributed by atoms with Gasteiger partial charge >= 0.3 is 0 Å². The second kappa shape index (κ2) is 3.00. The van der Waals surface area contributed by atoms with E-state index in [1.54, 1.807) is 6.08 Å². The molecular weight excluding hydrogens is 132 g/mol. The molecule has 0 saturated heterocycles. The van der Waals surface area contributed by atoms with Gasteiger partial charge in [0.25, 0.3) is 5.70 Å². The van der Waals surface area contributed by atoms with E-state index >= 15 is 0 Å². The number of nitro groups is 1. The van der Waals surface area contributed by atoms with Crippen LogP contribution in [0.5, 0.6) is 0 Å². The second-order valence-electron chi connectivity index (χ2n) is 1.98. The Bertz CT molecular complexity index is 196. The van der Waals surface area contributed by atoms with Crippen molar-refractivity contribution in [3.8, 4) is 0 Å². The van der Waals surface area contributed by atoms with Crippen LogP contribution in [-0.2, 0) is 0 Å². The molecule has 54 valence electrons. The predicted octanol–water partition coefficient (Wildman–Crippen LogP) is 0.654. The van der Waals surface area contributed by atoms with E-state index in [0.29, 0.717) is 13.0 Å². The molecule has 0 fully saturated rings. The van der Waals surface area contributed by atoms with E-state index in [0.717, 1.165) is 0 Å². The van der Waals surface area contributed by atoms with Crippen LogP contribution in [0.3, 0.4) is 0 Å². The summed E-state index contributed by atoms with van der Waals surface area (Å²) < 4.78 is 0. The van der Waals surface area contributed by atoms with E-state index in [4.69, 9.17) is 0 Å². The van der Waals surface area contributed by atoms with Gasteiger partial charge in [-0.05, 0) is 0 Å². The van der Waals surface area contributed by atoms with Crippen molar-refractivity contribution in [2.75, 3.05) is 6.54 Å². The molecular formula is C6H8N2O2. The molecule has 1 heterocycles. The van der Waals surface area contributed by atoms with Crippen molar-refractivity contribution < 1.29 is 4.92 Å². The minimum Gasteiger partial charge on any atom is -0.382 e. The highest BCUT2D eigenvalue weighted by atomic mass is 16.6. The fourth-order valence-corrected chi connectivity index (χ4v) is 0.718. The van der Waals surface area contributed by atoms with Crippen LogP contribution in [-0.4, -0.2) is 11.5 Å². The first kappa shape index (κ1) is 6.80. The molecule has 0 atom stereocenters. The molecule has 0 saturated carbocycles. The maximum Gasteiger partial charge on any atom is 0.265 e. The summed E-state index contributed by atoms with van der Waals surface area (Å²) in [5.74, 6) is 0. The first-order valence-electron chi connectivity index (χ1n) is 3.02. The maximum absolute atomic E-state index is 10.2. The summed E-state index contributed by atoms with van der Waals surface area (Å²) in [6, 6.07) is 0. The number of nitrogens with zero attached hydrogens (tertiary/aromatic N) is 1. The average molecular weight is 140 g/mol. The van der Waals surface area contributed by atoms with E-state index < -0.39 is 0 Å². The van der Waals surface area contributed by atoms with Gasteiger partial charge in [0.05, 0.1) is 17.5 Å². The smallest absolute Gasteiger partial charge is 0.265 e. The Morgan fingerprint density at radius 2 is 2.40 bits per heavy atom. The fourth-order valence-electron chi connectivity index (χ4n) is 0.718. The SMILES string of the molecule is O=[N+]([O-])C1=CNCC=CC1. The number of allylic oxidation sites excluding steroid dienone is 1. The highest BCUT2D eigenvalue weighted by Crippen LogP contribution is 2.03. The van der Waals surface area contributed by atoms with E-state index in [1.165, 1.54) is 6.20 Å². The zero-order valence-electron chi connectivity index (χ0n) is 5.41. The third-order valence-corrected chi connectivity index (χ3v) is 1.23. The molecule has 0 bridgehead atoms. The zero-order chi connectivity index (χ0) is 7.40. The minimum absolute atomic E-state index is 0.216. The summed E-state index contributed by atoms with van der Waals surface area (Å²) in [6.45, 7) is 0.678. The molecule has 10 heavy (non-hydrogen) atoms. The standard InChI is InChI=1S/C6H8N2O2/c9-8(10)6-3-1-2-4-7-5-6/h1-2,5,7H,3-4H2. The Morgan fingerprint density at radius 3 is 3.10 bits per heavy atom. The molecule has 0 aromatic rings. The molecule has 4 heteroatoms. The lowest BCUT2D eigenvalue weighted by Gasteiger charge is -1.91. The molecule has 1 rings (SSSR count). The van der Waals surface area contributed by atoms with Crippen LogP contribution >= 0.6 is 0 Å². The van der Waals surface area contributed by atoms with Crippen LogP contribution in [0.15, 0.2) is 24.0 Å². The summed E-state index contributed by atoms with van der Waals surface area (Å²) in [5.41, 5.74) is 0.216. The van der Waals surface area contributed by atoms with Crippen molar-refractivity contribution in [3.63, 3.8) is 0 Å². The Balaban J connectivity index is 2.65. The monoisotopic (exact) mass is 140 g/mol. The van der Waals surface area contributed by atoms with Crippen molar-refractivity contribution in [3.05, 3.63) is 34.2 Å². The van der Waals surface area contributed by atoms with Gasteiger partial charge in [-0.2, -0.15) is 0 Å². The molecule has 0 unspecified atom stereocenters. The fraction of sp³-hybridized carbons (Fsp3) is 0.333. The van der Waals surface area contributed by atoms with E-state index in [9.17, 15) is 10.1 Å². The van der Waals surface area contributed by atoms with Crippen LogP contribution in [0, 0.1) is 10.1 Å². The third-order valence-electron chi connectivity index (χ3n) is 1.23. The molecule has 0 spiro atoms. The Labute approximate surface area is 58.4 Å². The quantitative estimate of drug-likeness (QED) is 0.330. The number of rotatable bonds is 1. The van der Waals surface area contributed by atoms with Crippen LogP contribution in [0.2, 0.25) is 0 Å². The molecule has 4 nitrogen and oxygen atoms in total. The highest BCUT2D eigenvalue weighted by Gasteiger charge is 2.08. The van der Waals surface area contributed by atoms with Gasteiger partial charge in [0.15, 0.2) is 0 Å². The number of hydrogen-bond acceptors (Lipinski definition) is 3. The van der Waals surface area contributed by atoms with Gasteiger partial charge in [-0.1, -0.05) is 12.2 Å². The van der Waals surface area contributed by atoms with Gasteiger partial charge in [-0.25, -0.2) is 0 Å². The molecule has 1 aliphatic rings. The Kier molecular flexibility index (Phi) is 2.04. The van der Waals surface area contributed by atoms with Gasteiger partial charge in [-0.15, -0.1) is 0 Å². The van der Waals surface area contributed by atoms with E-state index in [1.807, 2.05) is 6.08 Å². The lowest BCUT2D eigenvalue weighted by Crippen LogP contribution is -2.06. The van der Waals surface area contributed by atoms with Gasteiger partial charge < -0.3 is 5.32 Å². The summed E-state index contributed by atoms with van der Waals surface area (Å²) in [6.07, 6.45) is 5.52. The van der Waals surface area contributed by atoms with E-state index in [2.05, 4.69) is 5.32 Å². The Hall–Kier alpha value is -1.32. The molecule has 1 aliphatic heterocycles. The van der Waals surface area contributed by atoms with Gasteiger partial charge in [0, 0.05) is 6.54 Å². The lowest BCUT2D eigenvalue weighted by atomic mass is 10.3. The minimum atomic E-state index is -0.372. The first-order chi connectivity index (χ1) is 4.80. The molecule has 0 aromatic heterocycles. The van der Waals surface area contributed by atoms with Crippen molar-refractivity contribution in [2.24, 2.45) is 0 Å². The molecule has 0 radical (unpaired) electrons. The maximum atomic E-state index is 10.2. The summed E-state index contributed by atoms with van der Waals surface area (Å²) in [5, 5.41) is 13.0. The molecule has 0 amide bonds. The zero-order valence-corrected chi connectivity index (χ0v) is 5.41. The summed E-state index contributed by atoms with van der Waals surface area (Å²) in [4.78, 5) is 9.80. The van der Waals surface area contributed by atoms with Gasteiger partial charge in [0.2, 0.25) is 0 Å². The van der Waals surface area contributed by atoms with Crippen LogP contribution in [0.1, 0.15) is 6.42 Å². The number of nitrogens with one attached hydrogen (secondary N) is 1. The van der Waals surface area contributed by atoms with Crippen molar-refractivity contribution in [2.45, 2.75) is 6.42 Å². The lowest BCUT2D eigenvalue weighted by molar-refractivity contribution is -0.427. The molecule has 0 aromatic carbocycles. The van der Waals surface area contributed by atoms with Crippen LogP contribution in [0.4, 0.5) is 0 Å². The highest BCUT2D eigenvalue weighted by molar-refractivity contribution is 5.03. The third kappa shape index (κ3) is 1.58. The van der Waals surface area contributed by atoms with Crippen molar-refractivity contribution in [1.82, 2.24) is 5.32 Å². The second-order valence-corrected chi connectivity index (χ2v) is 1.98. The predicted molar refractivity (Wildman–Crippen MR) is 36.8 cm³/mol. The topological polar surface area (TPSA) is 55.2 Å². The largest absolute Gasteiger partial charge is 0.382 e. The van der Waals surface area contributed by atoms with Crippen LogP contribution in [0.25, 0.3) is 0 Å². The van der Waals surface area contributed by atoms with E-state index in [-0.39, 0.29) is 10.6 Å². The first-order valence-corrected chi connectivity index (χ1v) is 3.02. The van der Waals surface area contributed by atoms with Gasteiger partial charge in [-0.3, -0.25) is 10.1 Å². The molecule has 0 aliphatic carbocycles. The average Bonchev–Trinajstić information content (AvgIpc) is 2.12. The summed E-state index contributed by atoms with van der Waals surface area (Å²) >= 11 is 0. The van der Waals surface area contributed by atoms with Crippen molar-refractivity contribution in [1.29, 1.82) is 0 Å².